The van der Waals surface area contributed by atoms with Crippen molar-refractivity contribution in [2.24, 2.45) is 10.9 Å². The first kappa shape index (κ1) is 11.6. The molecule has 1 heterocycles. The van der Waals surface area contributed by atoms with Crippen LogP contribution in [0.4, 0.5) is 0 Å². The van der Waals surface area contributed by atoms with Crippen molar-refractivity contribution >= 4 is 5.84 Å². The molecular formula is C11H16N4O2. The molecule has 92 valence electrons. The van der Waals surface area contributed by atoms with Gasteiger partial charge >= 0.3 is 0 Å². The molecule has 0 spiro atoms. The highest BCUT2D eigenvalue weighted by molar-refractivity contribution is 6.00. The minimum atomic E-state index is 0.00910. The maximum atomic E-state index is 8.79. The van der Waals surface area contributed by atoms with Gasteiger partial charge in [0, 0.05) is 0 Å². The molecule has 1 aliphatic rings. The number of hydrogen-bond donors (Lipinski definition) is 2. The third kappa shape index (κ3) is 2.15. The van der Waals surface area contributed by atoms with E-state index in [0.717, 1.165) is 24.1 Å². The van der Waals surface area contributed by atoms with E-state index < -0.39 is 0 Å². The Labute approximate surface area is 99.5 Å². The third-order valence-electron chi connectivity index (χ3n) is 3.12. The molecule has 0 radical (unpaired) electrons. The largest absolute Gasteiger partial charge is 0.473 e. The summed E-state index contributed by atoms with van der Waals surface area (Å²) in [5, 5.41) is 19.8. The Kier molecular flexibility index (Phi) is 3.12. The van der Waals surface area contributed by atoms with Crippen LogP contribution in [0.3, 0.4) is 0 Å². The van der Waals surface area contributed by atoms with Crippen LogP contribution in [0.15, 0.2) is 5.16 Å². The molecule has 0 bridgehead atoms. The fourth-order valence-corrected chi connectivity index (χ4v) is 1.67. The summed E-state index contributed by atoms with van der Waals surface area (Å²) in [4.78, 5) is 0. The zero-order valence-electron chi connectivity index (χ0n) is 9.97. The minimum Gasteiger partial charge on any atom is -0.473 e. The van der Waals surface area contributed by atoms with Crippen molar-refractivity contribution < 1.29 is 9.94 Å². The van der Waals surface area contributed by atoms with Gasteiger partial charge in [-0.3, -0.25) is 0 Å². The minimum absolute atomic E-state index is 0.00910. The number of nitrogens with zero attached hydrogens (tertiary/aromatic N) is 3. The van der Waals surface area contributed by atoms with Gasteiger partial charge in [0.25, 0.3) is 0 Å². The summed E-state index contributed by atoms with van der Waals surface area (Å²) in [7, 11) is 0. The molecule has 1 aliphatic carbocycles. The third-order valence-corrected chi connectivity index (χ3v) is 3.12. The molecule has 0 amide bonds. The number of rotatable bonds is 3. The lowest BCUT2D eigenvalue weighted by Gasteiger charge is -2.26. The molecule has 1 fully saturated rings. The smallest absolute Gasteiger partial charge is 0.245 e. The van der Waals surface area contributed by atoms with Crippen molar-refractivity contribution in [2.75, 3.05) is 0 Å². The Hall–Kier alpha value is -1.85. The van der Waals surface area contributed by atoms with Crippen LogP contribution in [-0.2, 0) is 0 Å². The zero-order valence-corrected chi connectivity index (χ0v) is 9.97. The molecular weight excluding hydrogens is 220 g/mol. The van der Waals surface area contributed by atoms with Gasteiger partial charge in [0.05, 0.1) is 11.3 Å². The Morgan fingerprint density at radius 3 is 2.65 bits per heavy atom. The normalized spacial score (nSPS) is 16.7. The van der Waals surface area contributed by atoms with Crippen LogP contribution in [0.5, 0.6) is 5.88 Å². The number of oxime groups is 1. The fraction of sp³-hybridized carbons (Fsp3) is 0.545. The quantitative estimate of drug-likeness (QED) is 0.355. The van der Waals surface area contributed by atoms with Crippen molar-refractivity contribution in [3.8, 4) is 5.88 Å². The van der Waals surface area contributed by atoms with Crippen LogP contribution in [0.2, 0.25) is 0 Å². The van der Waals surface area contributed by atoms with E-state index >= 15 is 0 Å². The molecule has 6 nitrogen and oxygen atoms in total. The molecule has 1 aromatic rings. The first-order chi connectivity index (χ1) is 8.13. The zero-order chi connectivity index (χ0) is 12.4. The second-order valence-electron chi connectivity index (χ2n) is 4.25. The lowest BCUT2D eigenvalue weighted by molar-refractivity contribution is 0.113. The van der Waals surface area contributed by atoms with Gasteiger partial charge in [0.2, 0.25) is 5.88 Å². The number of nitrogens with two attached hydrogens (primary N) is 1. The van der Waals surface area contributed by atoms with E-state index in [1.165, 1.54) is 6.42 Å². The highest BCUT2D eigenvalue weighted by Crippen LogP contribution is 2.27. The maximum absolute atomic E-state index is 8.79. The standard InChI is InChI=1S/C11H16N4O2/c1-6-7(2)13-14-11(9(6)10(12)15-16)17-8-4-3-5-8/h8,16H,3-5H2,1-2H3,(H2,12,15). The SMILES string of the molecule is Cc1nnc(OC2CCC2)c(C(N)=NO)c1C. The number of hydrogen-bond acceptors (Lipinski definition) is 5. The van der Waals surface area contributed by atoms with E-state index in [9.17, 15) is 0 Å². The first-order valence-corrected chi connectivity index (χ1v) is 5.62. The monoisotopic (exact) mass is 236 g/mol. The van der Waals surface area contributed by atoms with Gasteiger partial charge in [-0.1, -0.05) is 5.16 Å². The molecule has 0 saturated heterocycles. The number of aromatic nitrogens is 2. The lowest BCUT2D eigenvalue weighted by Crippen LogP contribution is -2.28. The van der Waals surface area contributed by atoms with E-state index in [1.807, 2.05) is 13.8 Å². The average Bonchev–Trinajstić information content (AvgIpc) is 2.27. The Bertz CT molecular complexity index is 455. The predicted octanol–water partition coefficient (Wildman–Crippen LogP) is 1.12. The van der Waals surface area contributed by atoms with E-state index in [2.05, 4.69) is 15.4 Å². The van der Waals surface area contributed by atoms with Gasteiger partial charge in [-0.05, 0) is 38.7 Å². The molecule has 0 atom stereocenters. The van der Waals surface area contributed by atoms with Gasteiger partial charge in [0.1, 0.15) is 6.10 Å². The van der Waals surface area contributed by atoms with Crippen molar-refractivity contribution in [1.82, 2.24) is 10.2 Å². The Morgan fingerprint density at radius 2 is 2.12 bits per heavy atom. The van der Waals surface area contributed by atoms with Gasteiger partial charge in [0.15, 0.2) is 5.84 Å². The van der Waals surface area contributed by atoms with Crippen LogP contribution in [0.25, 0.3) is 0 Å². The summed E-state index contributed by atoms with van der Waals surface area (Å²) >= 11 is 0. The van der Waals surface area contributed by atoms with Gasteiger partial charge in [-0.15, -0.1) is 5.10 Å². The lowest BCUT2D eigenvalue weighted by atomic mass is 9.96. The average molecular weight is 236 g/mol. The second kappa shape index (κ2) is 4.57. The van der Waals surface area contributed by atoms with Gasteiger partial charge in [-0.2, -0.15) is 5.10 Å². The van der Waals surface area contributed by atoms with Crippen molar-refractivity contribution in [2.45, 2.75) is 39.2 Å². The summed E-state index contributed by atoms with van der Waals surface area (Å²) in [5.41, 5.74) is 7.75. The topological polar surface area (TPSA) is 93.6 Å². The highest BCUT2D eigenvalue weighted by atomic mass is 16.5. The van der Waals surface area contributed by atoms with Crippen LogP contribution in [0, 0.1) is 13.8 Å². The fourth-order valence-electron chi connectivity index (χ4n) is 1.67. The Balaban J connectivity index is 2.39. The van der Waals surface area contributed by atoms with E-state index in [-0.39, 0.29) is 11.9 Å². The molecule has 1 saturated carbocycles. The molecule has 0 aromatic carbocycles. The molecule has 1 aromatic heterocycles. The van der Waals surface area contributed by atoms with Gasteiger partial charge < -0.3 is 15.7 Å². The number of aryl methyl sites for hydroxylation is 1. The summed E-state index contributed by atoms with van der Waals surface area (Å²) in [6, 6.07) is 0. The molecule has 2 rings (SSSR count). The summed E-state index contributed by atoms with van der Waals surface area (Å²) in [6.07, 6.45) is 3.38. The van der Waals surface area contributed by atoms with Gasteiger partial charge in [-0.25, -0.2) is 0 Å². The van der Waals surface area contributed by atoms with Crippen molar-refractivity contribution in [3.05, 3.63) is 16.8 Å². The predicted molar refractivity (Wildman–Crippen MR) is 62.3 cm³/mol. The summed E-state index contributed by atoms with van der Waals surface area (Å²) in [6.45, 7) is 3.68. The van der Waals surface area contributed by atoms with Crippen molar-refractivity contribution in [1.29, 1.82) is 0 Å². The van der Waals surface area contributed by atoms with Crippen LogP contribution < -0.4 is 10.5 Å². The molecule has 3 N–H and O–H groups in total. The van der Waals surface area contributed by atoms with E-state index in [4.69, 9.17) is 15.7 Å². The maximum Gasteiger partial charge on any atom is 0.245 e. The number of amidine groups is 1. The molecule has 6 heteroatoms. The highest BCUT2D eigenvalue weighted by Gasteiger charge is 2.24. The first-order valence-electron chi connectivity index (χ1n) is 5.62. The Morgan fingerprint density at radius 1 is 1.41 bits per heavy atom. The summed E-state index contributed by atoms with van der Waals surface area (Å²) in [5.74, 6) is 0.364. The van der Waals surface area contributed by atoms with E-state index in [0.29, 0.717) is 11.4 Å². The molecule has 17 heavy (non-hydrogen) atoms. The van der Waals surface area contributed by atoms with Crippen molar-refractivity contribution in [3.63, 3.8) is 0 Å². The molecule has 0 unspecified atom stereocenters. The second-order valence-corrected chi connectivity index (χ2v) is 4.25. The number of ether oxygens (including phenoxy) is 1. The molecule has 0 aliphatic heterocycles. The summed E-state index contributed by atoms with van der Waals surface area (Å²) < 4.78 is 5.69. The van der Waals surface area contributed by atoms with Crippen LogP contribution >= 0.6 is 0 Å². The van der Waals surface area contributed by atoms with E-state index in [1.54, 1.807) is 0 Å². The van der Waals surface area contributed by atoms with Crippen LogP contribution in [0.1, 0.15) is 36.1 Å². The van der Waals surface area contributed by atoms with Crippen LogP contribution in [-0.4, -0.2) is 27.3 Å².